The van der Waals surface area contributed by atoms with Gasteiger partial charge < -0.3 is 10.1 Å². The second kappa shape index (κ2) is 7.47. The largest absolute Gasteiger partial charge is 0.482 e. The molecule has 0 bridgehead atoms. The maximum Gasteiger partial charge on any atom is 0.258 e. The van der Waals surface area contributed by atoms with Gasteiger partial charge in [-0.3, -0.25) is 4.79 Å². The second-order valence-corrected chi connectivity index (χ2v) is 5.55. The fourth-order valence-corrected chi connectivity index (χ4v) is 2.32. The van der Waals surface area contributed by atoms with E-state index < -0.39 is 0 Å². The van der Waals surface area contributed by atoms with Gasteiger partial charge in [-0.15, -0.1) is 0 Å². The Morgan fingerprint density at radius 1 is 1.23 bits per heavy atom. The van der Waals surface area contributed by atoms with Gasteiger partial charge in [0.05, 0.1) is 11.1 Å². The first-order chi connectivity index (χ1) is 10.5. The molecule has 0 aromatic heterocycles. The molecule has 0 fully saturated rings. The molecule has 1 N–H and O–H groups in total. The molecule has 0 spiro atoms. The minimum absolute atomic E-state index is 0.174. The number of nitrogens with one attached hydrogen (secondary N) is 1. The average Bonchev–Trinajstić information content (AvgIpc) is 2.47. The van der Waals surface area contributed by atoms with Gasteiger partial charge in [-0.1, -0.05) is 35.3 Å². The first-order valence-electron chi connectivity index (χ1n) is 6.58. The first kappa shape index (κ1) is 16.6. The van der Waals surface area contributed by atoms with Gasteiger partial charge >= 0.3 is 0 Å². The number of carbonyl (C=O) groups is 1. The molecule has 0 aliphatic rings. The summed E-state index contributed by atoms with van der Waals surface area (Å²) >= 11 is 11.7. The van der Waals surface area contributed by atoms with Gasteiger partial charge in [0.1, 0.15) is 11.6 Å². The van der Waals surface area contributed by atoms with Crippen molar-refractivity contribution in [1.29, 1.82) is 0 Å². The molecule has 6 heteroatoms. The maximum absolute atomic E-state index is 12.9. The van der Waals surface area contributed by atoms with Gasteiger partial charge in [0.25, 0.3) is 5.91 Å². The highest BCUT2D eigenvalue weighted by Gasteiger charge is 2.11. The number of rotatable bonds is 5. The summed E-state index contributed by atoms with van der Waals surface area (Å²) in [5.41, 5.74) is 0.805. The molecule has 2 rings (SSSR count). The van der Waals surface area contributed by atoms with Crippen LogP contribution in [-0.4, -0.2) is 12.5 Å². The van der Waals surface area contributed by atoms with Crippen LogP contribution in [0.1, 0.15) is 18.5 Å². The van der Waals surface area contributed by atoms with E-state index in [9.17, 15) is 9.18 Å². The van der Waals surface area contributed by atoms with E-state index in [-0.39, 0.29) is 24.4 Å². The van der Waals surface area contributed by atoms with E-state index >= 15 is 0 Å². The Hall–Kier alpha value is -1.78. The number of ether oxygens (including phenoxy) is 1. The summed E-state index contributed by atoms with van der Waals surface area (Å²) in [7, 11) is 0. The Balaban J connectivity index is 1.88. The van der Waals surface area contributed by atoms with Crippen LogP contribution in [0, 0.1) is 5.82 Å². The molecule has 0 saturated heterocycles. The Labute approximate surface area is 138 Å². The number of benzene rings is 2. The summed E-state index contributed by atoms with van der Waals surface area (Å²) in [5.74, 6) is -0.235. The summed E-state index contributed by atoms with van der Waals surface area (Å²) in [6.45, 7) is 1.63. The molecule has 0 unspecified atom stereocenters. The van der Waals surface area contributed by atoms with Gasteiger partial charge in [0.15, 0.2) is 6.61 Å². The van der Waals surface area contributed by atoms with Crippen LogP contribution in [0.2, 0.25) is 10.0 Å². The molecule has 0 aliphatic heterocycles. The molecule has 2 aromatic rings. The maximum atomic E-state index is 12.9. The Morgan fingerprint density at radius 3 is 2.55 bits per heavy atom. The van der Waals surface area contributed by atoms with E-state index in [1.54, 1.807) is 31.2 Å². The number of amides is 1. The van der Waals surface area contributed by atoms with Crippen LogP contribution in [0.4, 0.5) is 4.39 Å². The van der Waals surface area contributed by atoms with Crippen molar-refractivity contribution in [3.63, 3.8) is 0 Å². The van der Waals surface area contributed by atoms with E-state index in [1.165, 1.54) is 18.2 Å². The summed E-state index contributed by atoms with van der Waals surface area (Å²) in [6.07, 6.45) is 0. The van der Waals surface area contributed by atoms with Crippen molar-refractivity contribution in [1.82, 2.24) is 5.32 Å². The Morgan fingerprint density at radius 2 is 1.91 bits per heavy atom. The molecule has 0 aliphatic carbocycles. The van der Waals surface area contributed by atoms with Crippen molar-refractivity contribution in [2.24, 2.45) is 0 Å². The Bertz CT molecular complexity index is 662. The van der Waals surface area contributed by atoms with Crippen molar-refractivity contribution < 1.29 is 13.9 Å². The van der Waals surface area contributed by atoms with Crippen LogP contribution in [-0.2, 0) is 4.79 Å². The first-order valence-corrected chi connectivity index (χ1v) is 7.34. The molecule has 2 aromatic carbocycles. The van der Waals surface area contributed by atoms with Crippen molar-refractivity contribution in [2.75, 3.05) is 6.61 Å². The van der Waals surface area contributed by atoms with E-state index in [4.69, 9.17) is 27.9 Å². The molecule has 116 valence electrons. The number of hydrogen-bond donors (Lipinski definition) is 1. The summed E-state index contributed by atoms with van der Waals surface area (Å²) in [5, 5.41) is 3.59. The van der Waals surface area contributed by atoms with Gasteiger partial charge in [-0.25, -0.2) is 4.39 Å². The topological polar surface area (TPSA) is 38.3 Å². The lowest BCUT2D eigenvalue weighted by Gasteiger charge is -2.15. The fourth-order valence-electron chi connectivity index (χ4n) is 1.85. The highest BCUT2D eigenvalue weighted by atomic mass is 35.5. The van der Waals surface area contributed by atoms with Gasteiger partial charge in [-0.2, -0.15) is 0 Å². The molecule has 1 atom stereocenters. The van der Waals surface area contributed by atoms with Crippen LogP contribution in [0.15, 0.2) is 42.5 Å². The van der Waals surface area contributed by atoms with Gasteiger partial charge in [0, 0.05) is 5.02 Å². The smallest absolute Gasteiger partial charge is 0.258 e. The van der Waals surface area contributed by atoms with E-state index in [0.717, 1.165) is 5.56 Å². The normalized spacial score (nSPS) is 11.8. The number of halogens is 3. The van der Waals surface area contributed by atoms with E-state index in [2.05, 4.69) is 5.32 Å². The molecule has 0 radical (unpaired) electrons. The number of carbonyl (C=O) groups excluding carboxylic acids is 1. The van der Waals surface area contributed by atoms with Crippen LogP contribution in [0.5, 0.6) is 5.75 Å². The van der Waals surface area contributed by atoms with Crippen LogP contribution < -0.4 is 10.1 Å². The monoisotopic (exact) mass is 341 g/mol. The van der Waals surface area contributed by atoms with E-state index in [0.29, 0.717) is 15.8 Å². The predicted octanol–water partition coefficient (Wildman–Crippen LogP) is 4.39. The minimum Gasteiger partial charge on any atom is -0.482 e. The van der Waals surface area contributed by atoms with Crippen LogP contribution >= 0.6 is 23.2 Å². The highest BCUT2D eigenvalue weighted by Crippen LogP contribution is 2.27. The third kappa shape index (κ3) is 4.61. The molecule has 1 amide bonds. The average molecular weight is 342 g/mol. The molecule has 3 nitrogen and oxygen atoms in total. The zero-order valence-corrected chi connectivity index (χ0v) is 13.3. The number of hydrogen-bond acceptors (Lipinski definition) is 2. The van der Waals surface area contributed by atoms with Crippen molar-refractivity contribution in [2.45, 2.75) is 13.0 Å². The lowest BCUT2D eigenvalue weighted by molar-refractivity contribution is -0.123. The SMILES string of the molecule is C[C@H](NC(=O)COc1ccc(Cl)cc1Cl)c1ccc(F)cc1. The zero-order valence-electron chi connectivity index (χ0n) is 11.8. The predicted molar refractivity (Wildman–Crippen MR) is 84.9 cm³/mol. The quantitative estimate of drug-likeness (QED) is 0.875. The zero-order chi connectivity index (χ0) is 16.1. The summed E-state index contributed by atoms with van der Waals surface area (Å²) in [6, 6.07) is 10.5. The summed E-state index contributed by atoms with van der Waals surface area (Å²) < 4.78 is 18.2. The molecule has 22 heavy (non-hydrogen) atoms. The molecular weight excluding hydrogens is 328 g/mol. The van der Waals surface area contributed by atoms with Crippen molar-refractivity contribution >= 4 is 29.1 Å². The second-order valence-electron chi connectivity index (χ2n) is 4.70. The minimum atomic E-state index is -0.317. The Kier molecular flexibility index (Phi) is 5.63. The molecular formula is C16H14Cl2FNO2. The summed E-state index contributed by atoms with van der Waals surface area (Å²) in [4.78, 5) is 11.9. The van der Waals surface area contributed by atoms with E-state index in [1.807, 2.05) is 0 Å². The lowest BCUT2D eigenvalue weighted by Crippen LogP contribution is -2.31. The third-order valence-corrected chi connectivity index (χ3v) is 3.53. The van der Waals surface area contributed by atoms with Crippen LogP contribution in [0.25, 0.3) is 0 Å². The molecule has 0 saturated carbocycles. The van der Waals surface area contributed by atoms with Crippen molar-refractivity contribution in [3.8, 4) is 5.75 Å². The highest BCUT2D eigenvalue weighted by molar-refractivity contribution is 6.35. The van der Waals surface area contributed by atoms with Gasteiger partial charge in [-0.05, 0) is 42.8 Å². The standard InChI is InChI=1S/C16H14Cl2FNO2/c1-10(11-2-5-13(19)6-3-11)20-16(21)9-22-15-7-4-12(17)8-14(15)18/h2-8,10H,9H2,1H3,(H,20,21)/t10-/m0/s1. The fraction of sp³-hybridized carbons (Fsp3) is 0.188. The van der Waals surface area contributed by atoms with Gasteiger partial charge in [0.2, 0.25) is 0 Å². The third-order valence-electron chi connectivity index (χ3n) is 3.00. The molecule has 0 heterocycles. The lowest BCUT2D eigenvalue weighted by atomic mass is 10.1. The van der Waals surface area contributed by atoms with Crippen molar-refractivity contribution in [3.05, 3.63) is 63.9 Å². The van der Waals surface area contributed by atoms with Crippen LogP contribution in [0.3, 0.4) is 0 Å².